The first-order valence-corrected chi connectivity index (χ1v) is 4.68. The molecule has 16 heavy (non-hydrogen) atoms. The number of hydrogen-bond acceptors (Lipinski definition) is 2. The fraction of sp³-hybridized carbons (Fsp3) is 0.300. The molecule has 2 N–H and O–H groups in total. The highest BCUT2D eigenvalue weighted by atomic mass is 35.5. The number of nitrogens with zero attached hydrogens (tertiary/aromatic N) is 1. The molecule has 3 nitrogen and oxygen atoms in total. The minimum atomic E-state index is -0.283. The number of halogens is 3. The first kappa shape index (κ1) is 13.2. The van der Waals surface area contributed by atoms with Crippen LogP contribution in [0.25, 0.3) is 11.0 Å². The van der Waals surface area contributed by atoms with Gasteiger partial charge in [0.05, 0.1) is 6.20 Å². The summed E-state index contributed by atoms with van der Waals surface area (Å²) in [5.74, 6) is 0.252. The number of aromatic amines is 1. The topological polar surface area (TPSA) is 40.7 Å². The Hall–Kier alpha value is -0.840. The molecule has 0 unspecified atom stereocenters. The van der Waals surface area contributed by atoms with Gasteiger partial charge in [0.15, 0.2) is 0 Å². The van der Waals surface area contributed by atoms with Gasteiger partial charge in [-0.1, -0.05) is 0 Å². The Morgan fingerprint density at radius 2 is 2.00 bits per heavy atom. The molecule has 1 aliphatic heterocycles. The molecule has 1 aliphatic rings. The first-order chi connectivity index (χ1) is 6.83. The number of pyridine rings is 1. The molecule has 0 aliphatic carbocycles. The van der Waals surface area contributed by atoms with Gasteiger partial charge >= 0.3 is 0 Å². The van der Waals surface area contributed by atoms with E-state index in [0.717, 1.165) is 29.8 Å². The molecule has 0 saturated carbocycles. The highest BCUT2D eigenvalue weighted by Gasteiger charge is 2.20. The van der Waals surface area contributed by atoms with Gasteiger partial charge in [0, 0.05) is 30.1 Å². The van der Waals surface area contributed by atoms with Gasteiger partial charge in [0.2, 0.25) is 0 Å². The number of rotatable bonds is 1. The van der Waals surface area contributed by atoms with E-state index in [4.69, 9.17) is 0 Å². The normalized spacial score (nSPS) is 15.1. The van der Waals surface area contributed by atoms with Crippen LogP contribution in [-0.2, 0) is 0 Å². The lowest BCUT2D eigenvalue weighted by Gasteiger charge is -2.25. The van der Waals surface area contributed by atoms with Crippen molar-refractivity contribution in [3.63, 3.8) is 0 Å². The quantitative estimate of drug-likeness (QED) is 0.829. The molecule has 3 heterocycles. The van der Waals surface area contributed by atoms with Crippen molar-refractivity contribution in [2.45, 2.75) is 5.92 Å². The Morgan fingerprint density at radius 1 is 1.25 bits per heavy atom. The van der Waals surface area contributed by atoms with Crippen molar-refractivity contribution < 1.29 is 4.39 Å². The fourth-order valence-corrected chi connectivity index (χ4v) is 1.74. The van der Waals surface area contributed by atoms with E-state index in [1.807, 2.05) is 6.07 Å². The van der Waals surface area contributed by atoms with Crippen molar-refractivity contribution in [1.82, 2.24) is 15.3 Å². The van der Waals surface area contributed by atoms with Crippen LogP contribution in [0.1, 0.15) is 11.6 Å². The van der Waals surface area contributed by atoms with Crippen LogP contribution < -0.4 is 5.32 Å². The van der Waals surface area contributed by atoms with Crippen molar-refractivity contribution in [3.05, 3.63) is 29.8 Å². The van der Waals surface area contributed by atoms with Crippen molar-refractivity contribution in [2.75, 3.05) is 13.1 Å². The van der Waals surface area contributed by atoms with E-state index >= 15 is 0 Å². The fourth-order valence-electron chi connectivity index (χ4n) is 1.74. The molecular weight excluding hydrogens is 252 g/mol. The number of H-pyrrole nitrogens is 1. The number of nitrogens with one attached hydrogen (secondary N) is 2. The van der Waals surface area contributed by atoms with Crippen molar-refractivity contribution >= 4 is 35.8 Å². The van der Waals surface area contributed by atoms with E-state index in [0.29, 0.717) is 5.92 Å². The molecule has 0 radical (unpaired) electrons. The largest absolute Gasteiger partial charge is 0.343 e. The van der Waals surface area contributed by atoms with E-state index < -0.39 is 0 Å². The lowest BCUT2D eigenvalue weighted by atomic mass is 10.00. The second-order valence-corrected chi connectivity index (χ2v) is 3.67. The van der Waals surface area contributed by atoms with E-state index in [2.05, 4.69) is 15.3 Å². The van der Waals surface area contributed by atoms with E-state index in [1.165, 1.54) is 12.3 Å². The third kappa shape index (κ3) is 2.14. The molecule has 0 atom stereocenters. The average Bonchev–Trinajstić information content (AvgIpc) is 2.43. The van der Waals surface area contributed by atoms with Gasteiger partial charge in [-0.2, -0.15) is 0 Å². The minimum absolute atomic E-state index is 0. The summed E-state index contributed by atoms with van der Waals surface area (Å²) in [7, 11) is 0. The maximum absolute atomic E-state index is 12.9. The molecule has 2 aromatic heterocycles. The molecule has 0 spiro atoms. The van der Waals surface area contributed by atoms with Crippen LogP contribution in [0.4, 0.5) is 4.39 Å². The molecule has 0 amide bonds. The highest BCUT2D eigenvalue weighted by Crippen LogP contribution is 2.23. The van der Waals surface area contributed by atoms with E-state index in [1.54, 1.807) is 0 Å². The highest BCUT2D eigenvalue weighted by molar-refractivity contribution is 5.85. The van der Waals surface area contributed by atoms with Crippen LogP contribution in [0.3, 0.4) is 0 Å². The smallest absolute Gasteiger partial charge is 0.142 e. The maximum Gasteiger partial charge on any atom is 0.142 e. The summed E-state index contributed by atoms with van der Waals surface area (Å²) in [6.07, 6.45) is 1.24. The van der Waals surface area contributed by atoms with Crippen LogP contribution in [0.2, 0.25) is 0 Å². The van der Waals surface area contributed by atoms with Crippen molar-refractivity contribution in [3.8, 4) is 0 Å². The predicted octanol–water partition coefficient (Wildman–Crippen LogP) is 2.23. The SMILES string of the molecule is Cl.Cl.Fc1cnc2[nH]c(C3CNC3)cc2c1. The van der Waals surface area contributed by atoms with Crippen LogP contribution in [-0.4, -0.2) is 23.1 Å². The molecule has 6 heteroatoms. The number of fused-ring (bicyclic) bond motifs is 1. The second-order valence-electron chi connectivity index (χ2n) is 3.67. The summed E-state index contributed by atoms with van der Waals surface area (Å²) in [5, 5.41) is 4.05. The lowest BCUT2D eigenvalue weighted by molar-refractivity contribution is 0.442. The summed E-state index contributed by atoms with van der Waals surface area (Å²) in [4.78, 5) is 7.20. The summed E-state index contributed by atoms with van der Waals surface area (Å²) in [6, 6.07) is 3.49. The van der Waals surface area contributed by atoms with E-state index in [-0.39, 0.29) is 30.6 Å². The zero-order valence-electron chi connectivity index (χ0n) is 8.37. The van der Waals surface area contributed by atoms with Gasteiger partial charge < -0.3 is 10.3 Å². The molecule has 2 aromatic rings. The Kier molecular flexibility index (Phi) is 4.13. The van der Waals surface area contributed by atoms with Crippen LogP contribution >= 0.6 is 24.8 Å². The molecule has 0 aromatic carbocycles. The summed E-state index contributed by atoms with van der Waals surface area (Å²) in [6.45, 7) is 1.99. The Bertz CT molecular complexity index is 482. The number of aromatic nitrogens is 2. The van der Waals surface area contributed by atoms with Crippen molar-refractivity contribution in [1.29, 1.82) is 0 Å². The monoisotopic (exact) mass is 263 g/mol. The third-order valence-corrected chi connectivity index (χ3v) is 2.68. The van der Waals surface area contributed by atoms with Crippen LogP contribution in [0, 0.1) is 5.82 Å². The van der Waals surface area contributed by atoms with Crippen LogP contribution in [0.15, 0.2) is 18.3 Å². The maximum atomic E-state index is 12.9. The lowest BCUT2D eigenvalue weighted by Crippen LogP contribution is -2.40. The van der Waals surface area contributed by atoms with Gasteiger partial charge in [0.25, 0.3) is 0 Å². The molecule has 0 bridgehead atoms. The third-order valence-electron chi connectivity index (χ3n) is 2.68. The zero-order valence-corrected chi connectivity index (χ0v) is 10.00. The van der Waals surface area contributed by atoms with Gasteiger partial charge in [-0.3, -0.25) is 0 Å². The van der Waals surface area contributed by atoms with Crippen LogP contribution in [0.5, 0.6) is 0 Å². The molecular formula is C10H12Cl2FN3. The average molecular weight is 264 g/mol. The zero-order chi connectivity index (χ0) is 9.54. The van der Waals surface area contributed by atoms with Crippen molar-refractivity contribution in [2.24, 2.45) is 0 Å². The van der Waals surface area contributed by atoms with Gasteiger partial charge in [-0.05, 0) is 12.1 Å². The van der Waals surface area contributed by atoms with E-state index in [9.17, 15) is 4.39 Å². The van der Waals surface area contributed by atoms with Gasteiger partial charge in [-0.25, -0.2) is 9.37 Å². The Morgan fingerprint density at radius 3 is 2.62 bits per heavy atom. The molecule has 1 saturated heterocycles. The molecule has 88 valence electrons. The molecule has 1 fully saturated rings. The predicted molar refractivity (Wildman–Crippen MR) is 66.2 cm³/mol. The number of hydrogen-bond donors (Lipinski definition) is 2. The first-order valence-electron chi connectivity index (χ1n) is 4.68. The summed E-state index contributed by atoms with van der Waals surface area (Å²) < 4.78 is 12.9. The molecule has 3 rings (SSSR count). The minimum Gasteiger partial charge on any atom is -0.343 e. The summed E-state index contributed by atoms with van der Waals surface area (Å²) in [5.41, 5.74) is 1.92. The Labute approximate surface area is 105 Å². The standard InChI is InChI=1S/C10H10FN3.2ClH/c11-8-1-6-2-9(7-3-12-4-7)14-10(6)13-5-8;;/h1-2,5,7,12H,3-4H2,(H,13,14);2*1H. The second kappa shape index (κ2) is 4.99. The van der Waals surface area contributed by atoms with Gasteiger partial charge in [0.1, 0.15) is 11.5 Å². The summed E-state index contributed by atoms with van der Waals surface area (Å²) >= 11 is 0. The Balaban J connectivity index is 0.000000640. The van der Waals surface area contributed by atoms with Gasteiger partial charge in [-0.15, -0.1) is 24.8 Å².